The van der Waals surface area contributed by atoms with Crippen LogP contribution >= 0.6 is 11.3 Å². The molecule has 1 heterocycles. The van der Waals surface area contributed by atoms with E-state index in [0.717, 1.165) is 21.6 Å². The fourth-order valence-corrected chi connectivity index (χ4v) is 3.76. The van der Waals surface area contributed by atoms with E-state index in [1.807, 2.05) is 13.0 Å². The van der Waals surface area contributed by atoms with Crippen LogP contribution in [0.25, 0.3) is 10.2 Å². The number of anilines is 1. The van der Waals surface area contributed by atoms with Crippen molar-refractivity contribution in [2.75, 3.05) is 12.4 Å². The summed E-state index contributed by atoms with van der Waals surface area (Å²) in [6.07, 6.45) is 1.96. The van der Waals surface area contributed by atoms with Crippen LogP contribution in [0.15, 0.2) is 12.1 Å². The molecule has 7 heteroatoms. The number of rotatable bonds is 5. The minimum atomic E-state index is -0.900. The first kappa shape index (κ1) is 15.7. The van der Waals surface area contributed by atoms with Crippen LogP contribution in [0.4, 0.5) is 5.69 Å². The number of carbonyl (C=O) groups excluding carboxylic acids is 1. The second kappa shape index (κ2) is 5.81. The minimum absolute atomic E-state index is 0.00869. The lowest BCUT2D eigenvalue weighted by Crippen LogP contribution is -2.41. The number of aromatic nitrogens is 1. The van der Waals surface area contributed by atoms with Crippen LogP contribution in [0.1, 0.15) is 30.7 Å². The van der Waals surface area contributed by atoms with Gasteiger partial charge in [-0.2, -0.15) is 0 Å². The first-order valence-electron chi connectivity index (χ1n) is 7.42. The smallest absolute Gasteiger partial charge is 0.310 e. The van der Waals surface area contributed by atoms with Crippen LogP contribution in [-0.4, -0.2) is 29.1 Å². The number of fused-ring (bicyclic) bond motifs is 1. The number of aliphatic carboxylic acids is 1. The Morgan fingerprint density at radius 2 is 2.17 bits per heavy atom. The van der Waals surface area contributed by atoms with Crippen LogP contribution in [0.2, 0.25) is 0 Å². The molecule has 0 bridgehead atoms. The summed E-state index contributed by atoms with van der Waals surface area (Å²) in [5, 5.41) is 13.1. The van der Waals surface area contributed by atoms with E-state index in [-0.39, 0.29) is 12.3 Å². The van der Waals surface area contributed by atoms with Gasteiger partial charge in [-0.3, -0.25) is 9.59 Å². The van der Waals surface area contributed by atoms with Crippen LogP contribution in [0.3, 0.4) is 0 Å². The minimum Gasteiger partial charge on any atom is -0.494 e. The van der Waals surface area contributed by atoms with Crippen molar-refractivity contribution in [1.82, 2.24) is 4.98 Å². The van der Waals surface area contributed by atoms with Gasteiger partial charge in [0.25, 0.3) is 0 Å². The van der Waals surface area contributed by atoms with E-state index in [2.05, 4.69) is 10.3 Å². The highest BCUT2D eigenvalue weighted by molar-refractivity contribution is 7.18. The van der Waals surface area contributed by atoms with Gasteiger partial charge in [0.05, 0.1) is 33.4 Å². The predicted molar refractivity (Wildman–Crippen MR) is 88.1 cm³/mol. The van der Waals surface area contributed by atoms with E-state index in [0.29, 0.717) is 24.3 Å². The van der Waals surface area contributed by atoms with Crippen molar-refractivity contribution in [3.05, 3.63) is 17.1 Å². The van der Waals surface area contributed by atoms with Crippen molar-refractivity contribution in [2.45, 2.75) is 32.6 Å². The van der Waals surface area contributed by atoms with Crippen molar-refractivity contribution in [1.29, 1.82) is 0 Å². The summed E-state index contributed by atoms with van der Waals surface area (Å²) in [5.74, 6) is -0.667. The van der Waals surface area contributed by atoms with Gasteiger partial charge in [0, 0.05) is 12.5 Å². The van der Waals surface area contributed by atoms with Gasteiger partial charge >= 0.3 is 5.97 Å². The third kappa shape index (κ3) is 2.88. The summed E-state index contributed by atoms with van der Waals surface area (Å²) < 4.78 is 6.27. The SMILES string of the molecule is COc1cc2nc(C)sc2cc1NC(=O)CC1(C(=O)O)CCC1. The van der Waals surface area contributed by atoms with Crippen molar-refractivity contribution in [3.8, 4) is 5.75 Å². The van der Waals surface area contributed by atoms with Gasteiger partial charge in [-0.25, -0.2) is 4.98 Å². The second-order valence-electron chi connectivity index (χ2n) is 5.92. The number of nitrogens with one attached hydrogen (secondary N) is 1. The topological polar surface area (TPSA) is 88.5 Å². The molecule has 3 rings (SSSR count). The first-order chi connectivity index (χ1) is 10.9. The fourth-order valence-electron chi connectivity index (χ4n) is 2.91. The molecule has 0 aliphatic heterocycles. The number of benzene rings is 1. The molecule has 0 saturated heterocycles. The molecular formula is C16H18N2O4S. The van der Waals surface area contributed by atoms with Crippen molar-refractivity contribution >= 4 is 39.1 Å². The monoisotopic (exact) mass is 334 g/mol. The number of carboxylic acid groups (broad SMARTS) is 1. The van der Waals surface area contributed by atoms with Gasteiger partial charge in [0.15, 0.2) is 0 Å². The molecule has 1 amide bonds. The summed E-state index contributed by atoms with van der Waals surface area (Å²) in [6, 6.07) is 3.61. The number of carboxylic acids is 1. The normalized spacial score (nSPS) is 15.9. The van der Waals surface area contributed by atoms with Gasteiger partial charge in [-0.15, -0.1) is 11.3 Å². The fraction of sp³-hybridized carbons (Fsp3) is 0.438. The summed E-state index contributed by atoms with van der Waals surface area (Å²) in [7, 11) is 1.53. The molecule has 1 aliphatic rings. The molecule has 1 aromatic heterocycles. The maximum atomic E-state index is 12.3. The summed E-state index contributed by atoms with van der Waals surface area (Å²) in [4.78, 5) is 28.1. The number of thiazole rings is 1. The number of nitrogens with zero attached hydrogens (tertiary/aromatic N) is 1. The number of methoxy groups -OCH3 is 1. The summed E-state index contributed by atoms with van der Waals surface area (Å²) in [6.45, 7) is 1.92. The highest BCUT2D eigenvalue weighted by atomic mass is 32.1. The van der Waals surface area contributed by atoms with E-state index in [4.69, 9.17) is 4.74 Å². The third-order valence-corrected chi connectivity index (χ3v) is 5.29. The van der Waals surface area contributed by atoms with E-state index in [9.17, 15) is 14.7 Å². The Labute approximate surface area is 137 Å². The van der Waals surface area contributed by atoms with E-state index < -0.39 is 11.4 Å². The van der Waals surface area contributed by atoms with E-state index in [1.165, 1.54) is 18.4 Å². The molecule has 23 heavy (non-hydrogen) atoms. The van der Waals surface area contributed by atoms with Crippen molar-refractivity contribution < 1.29 is 19.4 Å². The number of carbonyl (C=O) groups is 2. The third-order valence-electron chi connectivity index (χ3n) is 4.35. The molecule has 122 valence electrons. The lowest BCUT2D eigenvalue weighted by molar-refractivity contribution is -0.157. The molecule has 6 nitrogen and oxygen atoms in total. The van der Waals surface area contributed by atoms with Crippen LogP contribution < -0.4 is 10.1 Å². The van der Waals surface area contributed by atoms with Crippen LogP contribution in [0, 0.1) is 12.3 Å². The standard InChI is InChI=1S/C16H18N2O4S/c1-9-17-11-6-12(22-2)10(7-13(11)23-9)18-14(19)8-16(15(20)21)4-3-5-16/h6-7H,3-5,8H2,1-2H3,(H,18,19)(H,20,21). The molecule has 2 aromatic rings. The van der Waals surface area contributed by atoms with Crippen molar-refractivity contribution in [2.24, 2.45) is 5.41 Å². The molecule has 0 unspecified atom stereocenters. The van der Waals surface area contributed by atoms with Crippen molar-refractivity contribution in [3.63, 3.8) is 0 Å². The number of aryl methyl sites for hydroxylation is 1. The Hall–Kier alpha value is -2.15. The van der Waals surface area contributed by atoms with Crippen LogP contribution in [-0.2, 0) is 9.59 Å². The summed E-state index contributed by atoms with van der Waals surface area (Å²) in [5.41, 5.74) is 0.472. The Bertz CT molecular complexity index is 780. The first-order valence-corrected chi connectivity index (χ1v) is 8.24. The Balaban J connectivity index is 1.82. The zero-order chi connectivity index (χ0) is 16.6. The second-order valence-corrected chi connectivity index (χ2v) is 7.15. The molecule has 0 spiro atoms. The van der Waals surface area contributed by atoms with E-state index in [1.54, 1.807) is 6.07 Å². The maximum absolute atomic E-state index is 12.3. The molecular weight excluding hydrogens is 316 g/mol. The average Bonchev–Trinajstić information content (AvgIpc) is 2.80. The Kier molecular flexibility index (Phi) is 3.97. The molecule has 0 atom stereocenters. The van der Waals surface area contributed by atoms with Gasteiger partial charge in [-0.1, -0.05) is 6.42 Å². The Morgan fingerprint density at radius 1 is 1.43 bits per heavy atom. The maximum Gasteiger partial charge on any atom is 0.310 e. The zero-order valence-corrected chi connectivity index (χ0v) is 13.8. The van der Waals surface area contributed by atoms with Gasteiger partial charge in [0.2, 0.25) is 5.91 Å². The van der Waals surface area contributed by atoms with Gasteiger partial charge < -0.3 is 15.2 Å². The molecule has 0 radical (unpaired) electrons. The predicted octanol–water partition coefficient (Wildman–Crippen LogP) is 3.20. The lowest BCUT2D eigenvalue weighted by Gasteiger charge is -2.36. The summed E-state index contributed by atoms with van der Waals surface area (Å²) >= 11 is 1.53. The molecule has 1 aliphatic carbocycles. The zero-order valence-electron chi connectivity index (χ0n) is 13.0. The molecule has 2 N–H and O–H groups in total. The average molecular weight is 334 g/mol. The highest BCUT2D eigenvalue weighted by Gasteiger charge is 2.45. The molecule has 1 fully saturated rings. The van der Waals surface area contributed by atoms with Gasteiger partial charge in [-0.05, 0) is 25.8 Å². The molecule has 1 aromatic carbocycles. The number of ether oxygens (including phenoxy) is 1. The van der Waals surface area contributed by atoms with Gasteiger partial charge in [0.1, 0.15) is 5.75 Å². The lowest BCUT2D eigenvalue weighted by atomic mass is 9.66. The number of hydrogen-bond acceptors (Lipinski definition) is 5. The largest absolute Gasteiger partial charge is 0.494 e. The van der Waals surface area contributed by atoms with Crippen LogP contribution in [0.5, 0.6) is 5.75 Å². The number of hydrogen-bond donors (Lipinski definition) is 2. The highest BCUT2D eigenvalue weighted by Crippen LogP contribution is 2.44. The Morgan fingerprint density at radius 3 is 2.74 bits per heavy atom. The quantitative estimate of drug-likeness (QED) is 0.876. The molecule has 1 saturated carbocycles. The number of amides is 1. The van der Waals surface area contributed by atoms with E-state index >= 15 is 0 Å².